The van der Waals surface area contributed by atoms with E-state index in [1.807, 2.05) is 26.1 Å². The third kappa shape index (κ3) is 4.04. The zero-order valence-electron chi connectivity index (χ0n) is 11.7. The number of amides is 1. The second kappa shape index (κ2) is 6.85. The molecule has 0 aliphatic carbocycles. The minimum absolute atomic E-state index is 0.0149. The van der Waals surface area contributed by atoms with Gasteiger partial charge in [-0.3, -0.25) is 9.48 Å². The van der Waals surface area contributed by atoms with E-state index < -0.39 is 0 Å². The number of aromatic nitrogens is 4. The third-order valence-corrected chi connectivity index (χ3v) is 4.45. The van der Waals surface area contributed by atoms with E-state index in [4.69, 9.17) is 0 Å². The highest BCUT2D eigenvalue weighted by molar-refractivity contribution is 8.01. The van der Waals surface area contributed by atoms with Gasteiger partial charge in [-0.25, -0.2) is 0 Å². The van der Waals surface area contributed by atoms with Crippen molar-refractivity contribution in [2.75, 3.05) is 11.1 Å². The summed E-state index contributed by atoms with van der Waals surface area (Å²) in [6.45, 7) is 5.94. The van der Waals surface area contributed by atoms with Crippen LogP contribution in [0.4, 0.5) is 5.13 Å². The summed E-state index contributed by atoms with van der Waals surface area (Å²) < 4.78 is 2.67. The fourth-order valence-corrected chi connectivity index (χ4v) is 3.32. The van der Waals surface area contributed by atoms with E-state index in [2.05, 4.69) is 27.5 Å². The van der Waals surface area contributed by atoms with Crippen LogP contribution in [0.5, 0.6) is 0 Å². The van der Waals surface area contributed by atoms with Gasteiger partial charge in [-0.2, -0.15) is 5.10 Å². The third-order valence-electron chi connectivity index (χ3n) is 2.59. The maximum absolute atomic E-state index is 11.9. The second-order valence-corrected chi connectivity index (χ2v) is 6.83. The van der Waals surface area contributed by atoms with Gasteiger partial charge in [0.25, 0.3) is 0 Å². The lowest BCUT2D eigenvalue weighted by atomic mass is 10.2. The number of nitrogens with zero attached hydrogens (tertiary/aromatic N) is 4. The summed E-state index contributed by atoms with van der Waals surface area (Å²) in [5, 5.41) is 15.6. The van der Waals surface area contributed by atoms with Gasteiger partial charge in [0, 0.05) is 12.6 Å². The summed E-state index contributed by atoms with van der Waals surface area (Å²) in [6.07, 6.45) is 2.24. The average molecular weight is 311 g/mol. The molecule has 0 radical (unpaired) electrons. The summed E-state index contributed by atoms with van der Waals surface area (Å²) in [7, 11) is 0. The topological polar surface area (TPSA) is 72.7 Å². The van der Waals surface area contributed by atoms with Crippen LogP contribution in [0.1, 0.15) is 32.0 Å². The van der Waals surface area contributed by atoms with Crippen molar-refractivity contribution in [3.8, 4) is 0 Å². The monoisotopic (exact) mass is 311 g/mol. The van der Waals surface area contributed by atoms with E-state index in [9.17, 15) is 4.79 Å². The van der Waals surface area contributed by atoms with Crippen molar-refractivity contribution in [2.24, 2.45) is 0 Å². The molecule has 0 spiro atoms. The van der Waals surface area contributed by atoms with Crippen molar-refractivity contribution >= 4 is 34.1 Å². The van der Waals surface area contributed by atoms with E-state index in [0.717, 1.165) is 15.8 Å². The van der Waals surface area contributed by atoms with Crippen molar-refractivity contribution in [3.05, 3.63) is 18.0 Å². The molecule has 8 heteroatoms. The van der Waals surface area contributed by atoms with Gasteiger partial charge in [0.05, 0.1) is 11.7 Å². The first-order valence-electron chi connectivity index (χ1n) is 6.36. The fraction of sp³-hybridized carbons (Fsp3) is 0.500. The number of thioether (sulfide) groups is 1. The van der Waals surface area contributed by atoms with Crippen LogP contribution in [-0.2, 0) is 4.79 Å². The van der Waals surface area contributed by atoms with Gasteiger partial charge >= 0.3 is 0 Å². The maximum atomic E-state index is 11.9. The zero-order chi connectivity index (χ0) is 14.5. The highest BCUT2D eigenvalue weighted by Gasteiger charge is 2.13. The van der Waals surface area contributed by atoms with Crippen LogP contribution >= 0.6 is 23.1 Å². The number of hydrogen-bond donors (Lipinski definition) is 1. The summed E-state index contributed by atoms with van der Waals surface area (Å²) in [5.74, 6) is 0.869. The molecule has 1 N–H and O–H groups in total. The van der Waals surface area contributed by atoms with Crippen molar-refractivity contribution in [3.63, 3.8) is 0 Å². The van der Waals surface area contributed by atoms with E-state index in [0.29, 0.717) is 11.6 Å². The molecule has 2 aromatic rings. The van der Waals surface area contributed by atoms with Crippen molar-refractivity contribution < 1.29 is 4.79 Å². The van der Waals surface area contributed by atoms with E-state index >= 15 is 0 Å². The minimum atomic E-state index is -0.0742. The molecular weight excluding hydrogens is 294 g/mol. The Morgan fingerprint density at radius 3 is 3.00 bits per heavy atom. The van der Waals surface area contributed by atoms with Crippen LogP contribution in [0.15, 0.2) is 16.6 Å². The lowest BCUT2D eigenvalue weighted by Crippen LogP contribution is -2.17. The molecular formula is C12H17N5OS2. The Kier molecular flexibility index (Phi) is 5.13. The predicted octanol–water partition coefficient (Wildman–Crippen LogP) is 2.74. The van der Waals surface area contributed by atoms with Gasteiger partial charge in [-0.1, -0.05) is 30.0 Å². The van der Waals surface area contributed by atoms with Crippen LogP contribution in [0.25, 0.3) is 0 Å². The van der Waals surface area contributed by atoms with E-state index in [-0.39, 0.29) is 11.9 Å². The van der Waals surface area contributed by atoms with Gasteiger partial charge in [-0.15, -0.1) is 10.2 Å². The van der Waals surface area contributed by atoms with Gasteiger partial charge in [0.1, 0.15) is 0 Å². The number of carbonyl (C=O) groups is 1. The Balaban J connectivity index is 1.88. The highest BCUT2D eigenvalue weighted by Crippen LogP contribution is 2.25. The molecule has 108 valence electrons. The Hall–Kier alpha value is -1.41. The number of carbonyl (C=O) groups excluding carboxylic acids is 1. The van der Waals surface area contributed by atoms with Gasteiger partial charge in [0.15, 0.2) is 4.34 Å². The van der Waals surface area contributed by atoms with Crippen molar-refractivity contribution in [2.45, 2.75) is 37.6 Å². The average Bonchev–Trinajstić information content (AvgIpc) is 2.99. The maximum Gasteiger partial charge on any atom is 0.228 e. The molecule has 1 atom stereocenters. The van der Waals surface area contributed by atoms with Crippen LogP contribution in [0.2, 0.25) is 0 Å². The Morgan fingerprint density at radius 2 is 2.35 bits per heavy atom. The van der Waals surface area contributed by atoms with E-state index in [1.165, 1.54) is 11.3 Å². The SMILES string of the molecule is CCSc1nnc(NC(=O)C[C@@H](C)n2ccc(C)n2)s1. The molecule has 0 saturated heterocycles. The number of nitrogens with one attached hydrogen (secondary N) is 1. The molecule has 2 aromatic heterocycles. The lowest BCUT2D eigenvalue weighted by Gasteiger charge is -2.11. The predicted molar refractivity (Wildman–Crippen MR) is 81.2 cm³/mol. The van der Waals surface area contributed by atoms with Crippen LogP contribution in [0, 0.1) is 6.92 Å². The Labute approximate surface area is 126 Å². The molecule has 1 amide bonds. The number of hydrogen-bond acceptors (Lipinski definition) is 6. The molecule has 2 rings (SSSR count). The number of rotatable bonds is 6. The molecule has 0 saturated carbocycles. The van der Waals surface area contributed by atoms with Gasteiger partial charge in [-0.05, 0) is 25.7 Å². The summed E-state index contributed by atoms with van der Waals surface area (Å²) in [6, 6.07) is 1.94. The number of anilines is 1. The van der Waals surface area contributed by atoms with Crippen LogP contribution in [0.3, 0.4) is 0 Å². The quantitative estimate of drug-likeness (QED) is 0.656. The molecule has 6 nitrogen and oxygen atoms in total. The minimum Gasteiger partial charge on any atom is -0.300 e. The summed E-state index contributed by atoms with van der Waals surface area (Å²) in [5.41, 5.74) is 0.947. The first-order chi connectivity index (χ1) is 9.58. The second-order valence-electron chi connectivity index (χ2n) is 4.34. The molecule has 0 aliphatic heterocycles. The van der Waals surface area contributed by atoms with Crippen molar-refractivity contribution in [1.29, 1.82) is 0 Å². The van der Waals surface area contributed by atoms with Crippen LogP contribution in [-0.4, -0.2) is 31.6 Å². The molecule has 0 aromatic carbocycles. The smallest absolute Gasteiger partial charge is 0.228 e. The number of aryl methyl sites for hydroxylation is 1. The molecule has 0 fully saturated rings. The first-order valence-corrected chi connectivity index (χ1v) is 8.16. The largest absolute Gasteiger partial charge is 0.300 e. The van der Waals surface area contributed by atoms with Gasteiger partial charge in [0.2, 0.25) is 11.0 Å². The normalized spacial score (nSPS) is 12.3. The van der Waals surface area contributed by atoms with Crippen molar-refractivity contribution in [1.82, 2.24) is 20.0 Å². The van der Waals surface area contributed by atoms with Crippen LogP contribution < -0.4 is 5.32 Å². The fourth-order valence-electron chi connectivity index (χ4n) is 1.65. The molecule has 2 heterocycles. The molecule has 0 aliphatic rings. The van der Waals surface area contributed by atoms with E-state index in [1.54, 1.807) is 16.4 Å². The first kappa shape index (κ1) is 15.0. The highest BCUT2D eigenvalue weighted by atomic mass is 32.2. The Morgan fingerprint density at radius 1 is 1.55 bits per heavy atom. The summed E-state index contributed by atoms with van der Waals surface area (Å²) >= 11 is 3.02. The van der Waals surface area contributed by atoms with Gasteiger partial charge < -0.3 is 5.32 Å². The molecule has 0 bridgehead atoms. The Bertz CT molecular complexity index is 580. The zero-order valence-corrected chi connectivity index (χ0v) is 13.3. The molecule has 20 heavy (non-hydrogen) atoms. The standard InChI is InChI=1S/C12H17N5OS2/c1-4-19-12-15-14-11(20-12)13-10(18)7-9(3)17-6-5-8(2)16-17/h5-6,9H,4,7H2,1-3H3,(H,13,14,18)/t9-/m1/s1. The summed E-state index contributed by atoms with van der Waals surface area (Å²) in [4.78, 5) is 11.9. The lowest BCUT2D eigenvalue weighted by molar-refractivity contribution is -0.116. The molecule has 0 unspecified atom stereocenters.